The molecule has 0 saturated heterocycles. The van der Waals surface area contributed by atoms with Crippen molar-refractivity contribution in [1.82, 2.24) is 4.90 Å². The number of carbonyl (C=O) groups is 1. The standard InChI is InChI=1S/C10H21NO2/c1-5-7-11(3)8-9(6-2)10(12)13-4/h9H,5-8H2,1-4H3. The van der Waals surface area contributed by atoms with Crippen molar-refractivity contribution < 1.29 is 9.53 Å². The van der Waals surface area contributed by atoms with E-state index in [-0.39, 0.29) is 11.9 Å². The second kappa shape index (κ2) is 6.89. The van der Waals surface area contributed by atoms with Gasteiger partial charge in [0.25, 0.3) is 0 Å². The van der Waals surface area contributed by atoms with Crippen molar-refractivity contribution in [1.29, 1.82) is 0 Å². The number of carbonyl (C=O) groups excluding carboxylic acids is 1. The van der Waals surface area contributed by atoms with Gasteiger partial charge in [0.05, 0.1) is 13.0 Å². The highest BCUT2D eigenvalue weighted by molar-refractivity contribution is 5.72. The molecule has 3 heteroatoms. The molecule has 0 aromatic carbocycles. The molecule has 0 bridgehead atoms. The molecule has 0 saturated carbocycles. The van der Waals surface area contributed by atoms with Crippen LogP contribution in [0.5, 0.6) is 0 Å². The van der Waals surface area contributed by atoms with E-state index < -0.39 is 0 Å². The molecule has 78 valence electrons. The van der Waals surface area contributed by atoms with Crippen molar-refractivity contribution >= 4 is 5.97 Å². The minimum atomic E-state index is -0.0922. The Balaban J connectivity index is 3.89. The number of ether oxygens (including phenoxy) is 1. The number of nitrogens with zero attached hydrogens (tertiary/aromatic N) is 1. The van der Waals surface area contributed by atoms with Crippen molar-refractivity contribution in [2.45, 2.75) is 26.7 Å². The van der Waals surface area contributed by atoms with Crippen LogP contribution < -0.4 is 0 Å². The normalized spacial score (nSPS) is 13.0. The van der Waals surface area contributed by atoms with Gasteiger partial charge in [-0.25, -0.2) is 0 Å². The van der Waals surface area contributed by atoms with E-state index in [0.717, 1.165) is 25.9 Å². The van der Waals surface area contributed by atoms with Crippen LogP contribution in [-0.4, -0.2) is 38.1 Å². The number of methoxy groups -OCH3 is 1. The van der Waals surface area contributed by atoms with E-state index in [1.807, 2.05) is 14.0 Å². The first-order chi connectivity index (χ1) is 6.15. The van der Waals surface area contributed by atoms with E-state index in [1.54, 1.807) is 0 Å². The van der Waals surface area contributed by atoms with E-state index in [2.05, 4.69) is 11.8 Å². The maximum atomic E-state index is 11.2. The molecule has 3 nitrogen and oxygen atoms in total. The second-order valence-corrected chi connectivity index (χ2v) is 3.39. The lowest BCUT2D eigenvalue weighted by Gasteiger charge is -2.20. The first-order valence-electron chi connectivity index (χ1n) is 4.92. The monoisotopic (exact) mass is 187 g/mol. The van der Waals surface area contributed by atoms with Gasteiger partial charge in [-0.15, -0.1) is 0 Å². The Morgan fingerprint density at radius 1 is 1.46 bits per heavy atom. The average Bonchev–Trinajstić information content (AvgIpc) is 2.13. The number of hydrogen-bond donors (Lipinski definition) is 0. The van der Waals surface area contributed by atoms with E-state index >= 15 is 0 Å². The van der Waals surface area contributed by atoms with Crippen molar-refractivity contribution in [2.24, 2.45) is 5.92 Å². The van der Waals surface area contributed by atoms with Crippen LogP contribution in [0.4, 0.5) is 0 Å². The summed E-state index contributed by atoms with van der Waals surface area (Å²) in [5.74, 6) is -0.0630. The molecule has 0 aromatic heterocycles. The second-order valence-electron chi connectivity index (χ2n) is 3.39. The zero-order valence-electron chi connectivity index (χ0n) is 9.17. The predicted molar refractivity (Wildman–Crippen MR) is 53.6 cm³/mol. The van der Waals surface area contributed by atoms with Crippen LogP contribution in [0.3, 0.4) is 0 Å². The summed E-state index contributed by atoms with van der Waals surface area (Å²) in [5, 5.41) is 0. The van der Waals surface area contributed by atoms with E-state index in [4.69, 9.17) is 4.74 Å². The number of hydrogen-bond acceptors (Lipinski definition) is 3. The van der Waals surface area contributed by atoms with Gasteiger partial charge in [-0.2, -0.15) is 0 Å². The van der Waals surface area contributed by atoms with Crippen LogP contribution in [0, 0.1) is 5.92 Å². The summed E-state index contributed by atoms with van der Waals surface area (Å²) in [6, 6.07) is 0. The Morgan fingerprint density at radius 3 is 2.46 bits per heavy atom. The Kier molecular flexibility index (Phi) is 6.59. The van der Waals surface area contributed by atoms with Crippen molar-refractivity contribution in [3.63, 3.8) is 0 Å². The first-order valence-corrected chi connectivity index (χ1v) is 4.92. The maximum absolute atomic E-state index is 11.2. The topological polar surface area (TPSA) is 29.5 Å². The largest absolute Gasteiger partial charge is 0.469 e. The number of rotatable bonds is 6. The third kappa shape index (κ3) is 4.88. The van der Waals surface area contributed by atoms with Crippen molar-refractivity contribution in [2.75, 3.05) is 27.2 Å². The lowest BCUT2D eigenvalue weighted by Crippen LogP contribution is -2.31. The molecule has 0 aliphatic rings. The average molecular weight is 187 g/mol. The van der Waals surface area contributed by atoms with Gasteiger partial charge in [0.15, 0.2) is 0 Å². The van der Waals surface area contributed by atoms with Gasteiger partial charge in [-0.1, -0.05) is 13.8 Å². The quantitative estimate of drug-likeness (QED) is 0.591. The molecule has 0 radical (unpaired) electrons. The van der Waals surface area contributed by atoms with Gasteiger partial charge in [-0.3, -0.25) is 4.79 Å². The summed E-state index contributed by atoms with van der Waals surface area (Å²) >= 11 is 0. The minimum absolute atomic E-state index is 0.0292. The fourth-order valence-electron chi connectivity index (χ4n) is 1.39. The predicted octanol–water partition coefficient (Wildman–Crippen LogP) is 1.53. The smallest absolute Gasteiger partial charge is 0.309 e. The molecule has 0 fully saturated rings. The molecule has 0 heterocycles. The van der Waals surface area contributed by atoms with E-state index in [0.29, 0.717) is 0 Å². The lowest BCUT2D eigenvalue weighted by molar-refractivity contribution is -0.146. The van der Waals surface area contributed by atoms with Gasteiger partial charge in [0.1, 0.15) is 0 Å². The van der Waals surface area contributed by atoms with Crippen LogP contribution in [0.2, 0.25) is 0 Å². The summed E-state index contributed by atoms with van der Waals surface area (Å²) in [7, 11) is 3.49. The molecule has 0 amide bonds. The van der Waals surface area contributed by atoms with Crippen LogP contribution in [-0.2, 0) is 9.53 Å². The van der Waals surface area contributed by atoms with Crippen LogP contribution in [0.25, 0.3) is 0 Å². The summed E-state index contributed by atoms with van der Waals surface area (Å²) in [5.41, 5.74) is 0. The highest BCUT2D eigenvalue weighted by Crippen LogP contribution is 2.06. The van der Waals surface area contributed by atoms with Crippen molar-refractivity contribution in [3.05, 3.63) is 0 Å². The summed E-state index contributed by atoms with van der Waals surface area (Å²) < 4.78 is 4.72. The van der Waals surface area contributed by atoms with E-state index in [1.165, 1.54) is 7.11 Å². The highest BCUT2D eigenvalue weighted by Gasteiger charge is 2.18. The Hall–Kier alpha value is -0.570. The van der Waals surface area contributed by atoms with Crippen LogP contribution in [0.15, 0.2) is 0 Å². The molecule has 0 rings (SSSR count). The van der Waals surface area contributed by atoms with Crippen molar-refractivity contribution in [3.8, 4) is 0 Å². The molecule has 13 heavy (non-hydrogen) atoms. The molecule has 1 atom stereocenters. The van der Waals surface area contributed by atoms with Gasteiger partial charge in [-0.05, 0) is 26.4 Å². The Bertz CT molecular complexity index is 148. The van der Waals surface area contributed by atoms with Gasteiger partial charge < -0.3 is 9.64 Å². The molecule has 0 aromatic rings. The van der Waals surface area contributed by atoms with Gasteiger partial charge in [0, 0.05) is 6.54 Å². The zero-order chi connectivity index (χ0) is 10.3. The summed E-state index contributed by atoms with van der Waals surface area (Å²) in [6.45, 7) is 5.99. The molecular formula is C10H21NO2. The molecular weight excluding hydrogens is 166 g/mol. The zero-order valence-corrected chi connectivity index (χ0v) is 9.17. The third-order valence-corrected chi connectivity index (χ3v) is 2.16. The SMILES string of the molecule is CCCN(C)CC(CC)C(=O)OC. The van der Waals surface area contributed by atoms with Crippen LogP contribution >= 0.6 is 0 Å². The number of esters is 1. The van der Waals surface area contributed by atoms with Gasteiger partial charge >= 0.3 is 5.97 Å². The molecule has 0 N–H and O–H groups in total. The molecule has 0 aliphatic heterocycles. The highest BCUT2D eigenvalue weighted by atomic mass is 16.5. The first kappa shape index (κ1) is 12.4. The molecule has 1 unspecified atom stereocenters. The fraction of sp³-hybridized carbons (Fsp3) is 0.900. The van der Waals surface area contributed by atoms with E-state index in [9.17, 15) is 4.79 Å². The summed E-state index contributed by atoms with van der Waals surface area (Å²) in [4.78, 5) is 13.4. The summed E-state index contributed by atoms with van der Waals surface area (Å²) in [6.07, 6.45) is 1.97. The molecule has 0 spiro atoms. The third-order valence-electron chi connectivity index (χ3n) is 2.16. The minimum Gasteiger partial charge on any atom is -0.469 e. The van der Waals surface area contributed by atoms with Gasteiger partial charge in [0.2, 0.25) is 0 Å². The Morgan fingerprint density at radius 2 is 2.08 bits per heavy atom. The lowest BCUT2D eigenvalue weighted by atomic mass is 10.1. The fourth-order valence-corrected chi connectivity index (χ4v) is 1.39. The molecule has 0 aliphatic carbocycles. The van der Waals surface area contributed by atoms with Crippen LogP contribution in [0.1, 0.15) is 26.7 Å². The Labute approximate surface area is 81.1 Å². The maximum Gasteiger partial charge on any atom is 0.309 e.